The van der Waals surface area contributed by atoms with Crippen molar-refractivity contribution in [1.29, 1.82) is 0 Å². The summed E-state index contributed by atoms with van der Waals surface area (Å²) in [6.45, 7) is 3.85. The maximum atomic E-state index is 12.3. The Kier molecular flexibility index (Phi) is 4.17. The van der Waals surface area contributed by atoms with Gasteiger partial charge in [-0.15, -0.1) is 0 Å². The third kappa shape index (κ3) is 2.86. The highest BCUT2D eigenvalue weighted by molar-refractivity contribution is 9.11. The fraction of sp³-hybridized carbons (Fsp3) is 0.636. The van der Waals surface area contributed by atoms with Crippen molar-refractivity contribution in [2.24, 2.45) is 5.41 Å². The van der Waals surface area contributed by atoms with E-state index in [4.69, 9.17) is 0 Å². The Morgan fingerprint density at radius 3 is 3.12 bits per heavy atom. The predicted octanol–water partition coefficient (Wildman–Crippen LogP) is 2.62. The number of nitrogens with one attached hydrogen (secondary N) is 2. The lowest BCUT2D eigenvalue weighted by atomic mass is 9.77. The third-order valence-corrected chi connectivity index (χ3v) is 4.72. The number of piperidine rings is 1. The maximum absolute atomic E-state index is 12.3. The van der Waals surface area contributed by atoms with E-state index in [1.54, 1.807) is 6.20 Å². The molecule has 2 N–H and O–H groups in total. The highest BCUT2D eigenvalue weighted by Gasteiger charge is 2.38. The van der Waals surface area contributed by atoms with Crippen molar-refractivity contribution in [2.45, 2.75) is 26.2 Å². The van der Waals surface area contributed by atoms with Crippen molar-refractivity contribution < 1.29 is 4.79 Å². The van der Waals surface area contributed by atoms with Crippen LogP contribution in [0.4, 0.5) is 5.13 Å². The van der Waals surface area contributed by atoms with Crippen LogP contribution in [0.3, 0.4) is 0 Å². The van der Waals surface area contributed by atoms with E-state index < -0.39 is 0 Å². The Morgan fingerprint density at radius 1 is 1.76 bits per heavy atom. The standard InChI is InChI=1S/C11H16BrN3OS/c1-2-11(4-3-5-13-7-11)9(16)15-10-14-6-8(12)17-10/h6,13H,2-5,7H2,1H3,(H,14,15,16). The largest absolute Gasteiger partial charge is 0.316 e. The summed E-state index contributed by atoms with van der Waals surface area (Å²) in [5.74, 6) is 0.0917. The molecule has 2 rings (SSSR count). The van der Waals surface area contributed by atoms with E-state index in [1.165, 1.54) is 11.3 Å². The molecule has 0 saturated carbocycles. The Balaban J connectivity index is 2.07. The average Bonchev–Trinajstić information content (AvgIpc) is 2.75. The lowest BCUT2D eigenvalue weighted by molar-refractivity contribution is -0.126. The number of rotatable bonds is 3. The number of carbonyl (C=O) groups excluding carboxylic acids is 1. The van der Waals surface area contributed by atoms with Crippen LogP contribution in [0.5, 0.6) is 0 Å². The van der Waals surface area contributed by atoms with Crippen molar-refractivity contribution in [3.63, 3.8) is 0 Å². The minimum Gasteiger partial charge on any atom is -0.316 e. The van der Waals surface area contributed by atoms with Gasteiger partial charge in [0.15, 0.2) is 5.13 Å². The summed E-state index contributed by atoms with van der Waals surface area (Å²) in [6.07, 6.45) is 4.58. The Morgan fingerprint density at radius 2 is 2.59 bits per heavy atom. The topological polar surface area (TPSA) is 54.0 Å². The lowest BCUT2D eigenvalue weighted by Crippen LogP contribution is -2.47. The highest BCUT2D eigenvalue weighted by atomic mass is 79.9. The SMILES string of the molecule is CCC1(C(=O)Nc2ncc(Br)s2)CCCNC1. The van der Waals surface area contributed by atoms with Gasteiger partial charge in [-0.25, -0.2) is 4.98 Å². The second-order valence-electron chi connectivity index (χ2n) is 4.34. The molecule has 1 fully saturated rings. The minimum absolute atomic E-state index is 0.0917. The molecule has 17 heavy (non-hydrogen) atoms. The van der Waals surface area contributed by atoms with Gasteiger partial charge in [-0.05, 0) is 41.7 Å². The monoisotopic (exact) mass is 317 g/mol. The molecule has 1 aliphatic rings. The molecule has 1 aliphatic heterocycles. The number of carbonyl (C=O) groups is 1. The van der Waals surface area contributed by atoms with Gasteiger partial charge in [0.2, 0.25) is 5.91 Å². The second-order valence-corrected chi connectivity index (χ2v) is 6.75. The van der Waals surface area contributed by atoms with E-state index in [0.29, 0.717) is 5.13 Å². The molecular formula is C11H16BrN3OS. The zero-order valence-electron chi connectivity index (χ0n) is 9.75. The number of hydrogen-bond donors (Lipinski definition) is 2. The molecule has 1 saturated heterocycles. The molecule has 1 unspecified atom stereocenters. The molecule has 2 heterocycles. The van der Waals surface area contributed by atoms with Crippen LogP contribution in [0.15, 0.2) is 9.98 Å². The van der Waals surface area contributed by atoms with Gasteiger partial charge < -0.3 is 10.6 Å². The molecular weight excluding hydrogens is 302 g/mol. The normalized spacial score (nSPS) is 24.6. The molecule has 1 aromatic heterocycles. The van der Waals surface area contributed by atoms with Gasteiger partial charge in [-0.3, -0.25) is 4.79 Å². The first-order chi connectivity index (χ1) is 8.16. The first-order valence-electron chi connectivity index (χ1n) is 5.80. The number of thiazole rings is 1. The van der Waals surface area contributed by atoms with Gasteiger partial charge in [0.25, 0.3) is 0 Å². The molecule has 1 atom stereocenters. The second kappa shape index (κ2) is 5.46. The lowest BCUT2D eigenvalue weighted by Gasteiger charge is -2.35. The number of aromatic nitrogens is 1. The molecule has 4 nitrogen and oxygen atoms in total. The highest BCUT2D eigenvalue weighted by Crippen LogP contribution is 2.32. The summed E-state index contributed by atoms with van der Waals surface area (Å²) in [5.41, 5.74) is -0.267. The van der Waals surface area contributed by atoms with E-state index in [-0.39, 0.29) is 11.3 Å². The van der Waals surface area contributed by atoms with Crippen molar-refractivity contribution in [2.75, 3.05) is 18.4 Å². The first-order valence-corrected chi connectivity index (χ1v) is 7.41. The first kappa shape index (κ1) is 13.0. The molecule has 0 aromatic carbocycles. The predicted molar refractivity (Wildman–Crippen MR) is 73.3 cm³/mol. The van der Waals surface area contributed by atoms with E-state index in [0.717, 1.165) is 36.1 Å². The molecule has 1 amide bonds. The van der Waals surface area contributed by atoms with Crippen LogP contribution in [0.1, 0.15) is 26.2 Å². The van der Waals surface area contributed by atoms with Crippen LogP contribution in [-0.4, -0.2) is 24.0 Å². The molecule has 1 aromatic rings. The van der Waals surface area contributed by atoms with Crippen molar-refractivity contribution in [1.82, 2.24) is 10.3 Å². The fourth-order valence-electron chi connectivity index (χ4n) is 2.17. The van der Waals surface area contributed by atoms with E-state index >= 15 is 0 Å². The van der Waals surface area contributed by atoms with Crippen LogP contribution in [0, 0.1) is 5.41 Å². The minimum atomic E-state index is -0.267. The zero-order chi connectivity index (χ0) is 12.3. The average molecular weight is 318 g/mol. The quantitative estimate of drug-likeness (QED) is 0.901. The maximum Gasteiger partial charge on any atom is 0.233 e. The summed E-state index contributed by atoms with van der Waals surface area (Å²) in [5, 5.41) is 6.90. The number of nitrogens with zero attached hydrogens (tertiary/aromatic N) is 1. The Bertz CT molecular complexity index is 401. The summed E-state index contributed by atoms with van der Waals surface area (Å²) >= 11 is 4.78. The molecule has 0 bridgehead atoms. The van der Waals surface area contributed by atoms with Gasteiger partial charge >= 0.3 is 0 Å². The summed E-state index contributed by atoms with van der Waals surface area (Å²) in [6, 6.07) is 0. The molecule has 0 spiro atoms. The summed E-state index contributed by atoms with van der Waals surface area (Å²) in [7, 11) is 0. The molecule has 0 aliphatic carbocycles. The fourth-order valence-corrected chi connectivity index (χ4v) is 3.27. The van der Waals surface area contributed by atoms with Crippen LogP contribution in [0.25, 0.3) is 0 Å². The van der Waals surface area contributed by atoms with E-state index in [1.807, 2.05) is 0 Å². The van der Waals surface area contributed by atoms with E-state index in [9.17, 15) is 4.79 Å². The zero-order valence-corrected chi connectivity index (χ0v) is 12.2. The van der Waals surface area contributed by atoms with Crippen LogP contribution in [0.2, 0.25) is 0 Å². The van der Waals surface area contributed by atoms with Crippen LogP contribution in [-0.2, 0) is 4.79 Å². The summed E-state index contributed by atoms with van der Waals surface area (Å²) in [4.78, 5) is 16.5. The Labute approximate surface area is 113 Å². The van der Waals surface area contributed by atoms with Crippen LogP contribution < -0.4 is 10.6 Å². The molecule has 94 valence electrons. The van der Waals surface area contributed by atoms with Gasteiger partial charge in [0.05, 0.1) is 15.4 Å². The molecule has 6 heteroatoms. The Hall–Kier alpha value is -0.460. The number of anilines is 1. The molecule has 0 radical (unpaired) electrons. The van der Waals surface area contributed by atoms with Gasteiger partial charge in [0, 0.05) is 6.54 Å². The smallest absolute Gasteiger partial charge is 0.233 e. The number of amides is 1. The van der Waals surface area contributed by atoms with Gasteiger partial charge in [-0.2, -0.15) is 0 Å². The van der Waals surface area contributed by atoms with Crippen molar-refractivity contribution in [3.8, 4) is 0 Å². The van der Waals surface area contributed by atoms with Crippen molar-refractivity contribution in [3.05, 3.63) is 9.98 Å². The third-order valence-electron chi connectivity index (χ3n) is 3.33. The van der Waals surface area contributed by atoms with Gasteiger partial charge in [-0.1, -0.05) is 18.3 Å². The van der Waals surface area contributed by atoms with Crippen molar-refractivity contribution >= 4 is 38.3 Å². The van der Waals surface area contributed by atoms with E-state index in [2.05, 4.69) is 38.5 Å². The van der Waals surface area contributed by atoms with Gasteiger partial charge in [0.1, 0.15) is 0 Å². The number of halogens is 1. The van der Waals surface area contributed by atoms with Crippen LogP contribution >= 0.6 is 27.3 Å². The summed E-state index contributed by atoms with van der Waals surface area (Å²) < 4.78 is 0.931. The number of hydrogen-bond acceptors (Lipinski definition) is 4.